The average molecular weight is 140 g/mol. The van der Waals surface area contributed by atoms with Crippen molar-refractivity contribution in [3.63, 3.8) is 0 Å². The number of guanidine groups is 1. The van der Waals surface area contributed by atoms with Crippen LogP contribution in [0.1, 0.15) is 19.8 Å². The molecule has 0 unspecified atom stereocenters. The molecule has 0 aromatic carbocycles. The Morgan fingerprint density at radius 1 is 1.30 bits per heavy atom. The maximum atomic E-state index is 5.08. The fourth-order valence-electron chi connectivity index (χ4n) is 0.719. The minimum atomic E-state index is 0.0278. The zero-order valence-corrected chi connectivity index (χ0v) is 6.04. The van der Waals surface area contributed by atoms with Crippen molar-refractivity contribution >= 4 is 11.7 Å². The first-order valence-corrected chi connectivity index (χ1v) is 3.33. The molecule has 0 amide bonds. The van der Waals surface area contributed by atoms with E-state index in [1.165, 1.54) is 12.8 Å². The van der Waals surface area contributed by atoms with Crippen molar-refractivity contribution in [1.82, 2.24) is 0 Å². The van der Waals surface area contributed by atoms with Crippen LogP contribution in [-0.4, -0.2) is 11.7 Å². The molecule has 56 valence electrons. The predicted octanol–water partition coefficient (Wildman–Crippen LogP) is 0.0457. The van der Waals surface area contributed by atoms with E-state index in [0.717, 1.165) is 5.71 Å². The quantitative estimate of drug-likeness (QED) is 0.323. The molecule has 1 aliphatic rings. The van der Waals surface area contributed by atoms with Gasteiger partial charge in [0.05, 0.1) is 0 Å². The second-order valence-electron chi connectivity index (χ2n) is 2.54. The highest BCUT2D eigenvalue weighted by Gasteiger charge is 2.24. The molecule has 0 aromatic rings. The summed E-state index contributed by atoms with van der Waals surface area (Å²) < 4.78 is 0. The van der Waals surface area contributed by atoms with Crippen LogP contribution in [0.25, 0.3) is 0 Å². The standard InChI is InChI=1S/C6H12N4/c1-4(5-2-3-5)9-10-6(7)8/h5H,2-3H2,1H3,(H4,7,8,10)/b9-4-. The van der Waals surface area contributed by atoms with Crippen LogP contribution >= 0.6 is 0 Å². The van der Waals surface area contributed by atoms with E-state index in [2.05, 4.69) is 10.2 Å². The third-order valence-corrected chi connectivity index (χ3v) is 1.49. The molecular weight excluding hydrogens is 128 g/mol. The molecule has 0 spiro atoms. The highest BCUT2D eigenvalue weighted by Crippen LogP contribution is 2.30. The predicted molar refractivity (Wildman–Crippen MR) is 41.6 cm³/mol. The summed E-state index contributed by atoms with van der Waals surface area (Å²) in [5, 5.41) is 7.39. The van der Waals surface area contributed by atoms with Crippen molar-refractivity contribution in [2.24, 2.45) is 27.6 Å². The van der Waals surface area contributed by atoms with Gasteiger partial charge in [-0.25, -0.2) is 0 Å². The van der Waals surface area contributed by atoms with Crippen molar-refractivity contribution < 1.29 is 0 Å². The smallest absolute Gasteiger partial charge is 0.211 e. The molecule has 1 aliphatic carbocycles. The Morgan fingerprint density at radius 3 is 2.30 bits per heavy atom. The van der Waals surface area contributed by atoms with E-state index in [9.17, 15) is 0 Å². The first-order chi connectivity index (χ1) is 4.70. The van der Waals surface area contributed by atoms with Crippen LogP contribution in [-0.2, 0) is 0 Å². The Labute approximate surface area is 60.0 Å². The molecule has 1 saturated carbocycles. The third kappa shape index (κ3) is 2.05. The molecule has 1 fully saturated rings. The Kier molecular flexibility index (Phi) is 1.89. The van der Waals surface area contributed by atoms with Gasteiger partial charge in [0.25, 0.3) is 0 Å². The van der Waals surface area contributed by atoms with Gasteiger partial charge >= 0.3 is 0 Å². The molecule has 4 nitrogen and oxygen atoms in total. The second-order valence-corrected chi connectivity index (χ2v) is 2.54. The van der Waals surface area contributed by atoms with Crippen molar-refractivity contribution in [2.75, 3.05) is 0 Å². The number of hydrogen-bond acceptors (Lipinski definition) is 2. The molecular formula is C6H12N4. The highest BCUT2D eigenvalue weighted by molar-refractivity contribution is 5.87. The molecule has 0 radical (unpaired) electrons. The fraction of sp³-hybridized carbons (Fsp3) is 0.667. The minimum absolute atomic E-state index is 0.0278. The first-order valence-electron chi connectivity index (χ1n) is 3.33. The van der Waals surface area contributed by atoms with E-state index < -0.39 is 0 Å². The van der Waals surface area contributed by atoms with Crippen LogP contribution in [0.4, 0.5) is 0 Å². The second kappa shape index (κ2) is 2.68. The lowest BCUT2D eigenvalue weighted by Crippen LogP contribution is -2.22. The molecule has 0 saturated heterocycles. The maximum Gasteiger partial charge on any atom is 0.211 e. The van der Waals surface area contributed by atoms with Gasteiger partial charge in [-0.3, -0.25) is 0 Å². The molecule has 0 heterocycles. The summed E-state index contributed by atoms with van der Waals surface area (Å²) in [4.78, 5) is 0. The summed E-state index contributed by atoms with van der Waals surface area (Å²) in [6.07, 6.45) is 2.46. The summed E-state index contributed by atoms with van der Waals surface area (Å²) in [5.74, 6) is 0.670. The Morgan fingerprint density at radius 2 is 1.90 bits per heavy atom. The van der Waals surface area contributed by atoms with Crippen LogP contribution in [0, 0.1) is 5.92 Å². The Bertz CT molecular complexity index is 174. The van der Waals surface area contributed by atoms with Crippen LogP contribution in [0.2, 0.25) is 0 Å². The molecule has 0 atom stereocenters. The molecule has 4 N–H and O–H groups in total. The largest absolute Gasteiger partial charge is 0.369 e. The van der Waals surface area contributed by atoms with Gasteiger partial charge in [0.1, 0.15) is 0 Å². The summed E-state index contributed by atoms with van der Waals surface area (Å²) in [6.45, 7) is 1.95. The van der Waals surface area contributed by atoms with Crippen molar-refractivity contribution in [1.29, 1.82) is 0 Å². The fourth-order valence-corrected chi connectivity index (χ4v) is 0.719. The van der Waals surface area contributed by atoms with Crippen molar-refractivity contribution in [3.8, 4) is 0 Å². The van der Waals surface area contributed by atoms with E-state index in [1.807, 2.05) is 6.92 Å². The molecule has 4 heteroatoms. The lowest BCUT2D eigenvalue weighted by Gasteiger charge is -1.90. The van der Waals surface area contributed by atoms with E-state index >= 15 is 0 Å². The number of hydrogen-bond donors (Lipinski definition) is 2. The number of nitrogens with zero attached hydrogens (tertiary/aromatic N) is 2. The topological polar surface area (TPSA) is 76.8 Å². The summed E-state index contributed by atoms with van der Waals surface area (Å²) >= 11 is 0. The SMILES string of the molecule is C/C(=N/N=C(N)N)C1CC1. The summed E-state index contributed by atoms with van der Waals surface area (Å²) in [6, 6.07) is 0. The van der Waals surface area contributed by atoms with E-state index in [1.54, 1.807) is 0 Å². The van der Waals surface area contributed by atoms with Crippen molar-refractivity contribution in [3.05, 3.63) is 0 Å². The number of rotatable bonds is 2. The van der Waals surface area contributed by atoms with Crippen LogP contribution in [0.3, 0.4) is 0 Å². The molecule has 0 aromatic heterocycles. The van der Waals surface area contributed by atoms with Crippen LogP contribution < -0.4 is 11.5 Å². The van der Waals surface area contributed by atoms with Gasteiger partial charge in [-0.05, 0) is 25.7 Å². The minimum Gasteiger partial charge on any atom is -0.369 e. The van der Waals surface area contributed by atoms with Gasteiger partial charge in [0.2, 0.25) is 5.96 Å². The lowest BCUT2D eigenvalue weighted by molar-refractivity contribution is 1.10. The number of nitrogens with two attached hydrogens (primary N) is 2. The van der Waals surface area contributed by atoms with E-state index in [-0.39, 0.29) is 5.96 Å². The van der Waals surface area contributed by atoms with Crippen molar-refractivity contribution in [2.45, 2.75) is 19.8 Å². The normalized spacial score (nSPS) is 18.7. The monoisotopic (exact) mass is 140 g/mol. The van der Waals surface area contributed by atoms with E-state index in [4.69, 9.17) is 11.5 Å². The molecule has 1 rings (SSSR count). The summed E-state index contributed by atoms with van der Waals surface area (Å²) in [5.41, 5.74) is 11.2. The Hall–Kier alpha value is -1.06. The molecule has 0 bridgehead atoms. The van der Waals surface area contributed by atoms with Gasteiger partial charge in [0, 0.05) is 5.71 Å². The van der Waals surface area contributed by atoms with Gasteiger partial charge < -0.3 is 11.5 Å². The summed E-state index contributed by atoms with van der Waals surface area (Å²) in [7, 11) is 0. The third-order valence-electron chi connectivity index (χ3n) is 1.49. The molecule has 10 heavy (non-hydrogen) atoms. The average Bonchev–Trinajstić information content (AvgIpc) is 2.63. The van der Waals surface area contributed by atoms with Crippen LogP contribution in [0.15, 0.2) is 10.2 Å². The maximum absolute atomic E-state index is 5.08. The van der Waals surface area contributed by atoms with Gasteiger partial charge in [-0.1, -0.05) is 0 Å². The zero-order valence-electron chi connectivity index (χ0n) is 6.04. The lowest BCUT2D eigenvalue weighted by atomic mass is 10.3. The highest BCUT2D eigenvalue weighted by atomic mass is 15.3. The van der Waals surface area contributed by atoms with Crippen LogP contribution in [0.5, 0.6) is 0 Å². The van der Waals surface area contributed by atoms with Gasteiger partial charge in [-0.2, -0.15) is 5.10 Å². The van der Waals surface area contributed by atoms with Gasteiger partial charge in [0.15, 0.2) is 0 Å². The molecule has 0 aliphatic heterocycles. The van der Waals surface area contributed by atoms with Gasteiger partial charge in [-0.15, -0.1) is 5.10 Å². The van der Waals surface area contributed by atoms with E-state index in [0.29, 0.717) is 5.92 Å². The Balaban J connectivity index is 2.44. The first kappa shape index (κ1) is 7.05. The zero-order chi connectivity index (χ0) is 7.56.